The van der Waals surface area contributed by atoms with Crippen molar-refractivity contribution in [2.24, 2.45) is 0 Å². The number of esters is 1. The van der Waals surface area contributed by atoms with Gasteiger partial charge in [0.1, 0.15) is 0 Å². The largest absolute Gasteiger partial charge is 0.466 e. The van der Waals surface area contributed by atoms with E-state index < -0.39 is 0 Å². The topological polar surface area (TPSA) is 26.3 Å². The Morgan fingerprint density at radius 2 is 2.43 bits per heavy atom. The minimum Gasteiger partial charge on any atom is -0.466 e. The lowest BCUT2D eigenvalue weighted by Gasteiger charge is -2.07. The van der Waals surface area contributed by atoms with E-state index in [1.165, 1.54) is 24.8 Å². The van der Waals surface area contributed by atoms with Gasteiger partial charge in [0, 0.05) is 0 Å². The van der Waals surface area contributed by atoms with E-state index in [1.807, 2.05) is 13.0 Å². The molecule has 2 nitrogen and oxygen atoms in total. The lowest BCUT2D eigenvalue weighted by atomic mass is 9.99. The molecule has 0 aromatic heterocycles. The van der Waals surface area contributed by atoms with Gasteiger partial charge in [0.05, 0.1) is 13.0 Å². The Morgan fingerprint density at radius 3 is 3.07 bits per heavy atom. The van der Waals surface area contributed by atoms with Gasteiger partial charge in [0.2, 0.25) is 0 Å². The zero-order valence-electron chi connectivity index (χ0n) is 8.79. The summed E-state index contributed by atoms with van der Waals surface area (Å²) in [6.07, 6.45) is 11.5. The van der Waals surface area contributed by atoms with Crippen molar-refractivity contribution in [3.8, 4) is 0 Å². The van der Waals surface area contributed by atoms with Crippen molar-refractivity contribution in [3.63, 3.8) is 0 Å². The van der Waals surface area contributed by atoms with Gasteiger partial charge < -0.3 is 4.74 Å². The van der Waals surface area contributed by atoms with E-state index in [1.54, 1.807) is 0 Å². The highest BCUT2D eigenvalue weighted by atomic mass is 16.5. The van der Waals surface area contributed by atoms with E-state index in [-0.39, 0.29) is 5.97 Å². The molecule has 1 aliphatic carbocycles. The molecule has 0 aromatic rings. The number of allylic oxidation sites excluding steroid dienone is 3. The molecule has 0 aromatic carbocycles. The molecule has 0 spiro atoms. The molecule has 0 aliphatic heterocycles. The van der Waals surface area contributed by atoms with Crippen molar-refractivity contribution < 1.29 is 9.53 Å². The average molecular weight is 194 g/mol. The van der Waals surface area contributed by atoms with Crippen LogP contribution in [0.25, 0.3) is 0 Å². The van der Waals surface area contributed by atoms with Crippen molar-refractivity contribution in [1.82, 2.24) is 0 Å². The van der Waals surface area contributed by atoms with E-state index in [2.05, 4.69) is 12.2 Å². The second kappa shape index (κ2) is 6.41. The van der Waals surface area contributed by atoms with Crippen molar-refractivity contribution >= 4 is 5.97 Å². The van der Waals surface area contributed by atoms with E-state index in [0.29, 0.717) is 13.0 Å². The maximum Gasteiger partial charge on any atom is 0.309 e. The Balaban J connectivity index is 2.25. The summed E-state index contributed by atoms with van der Waals surface area (Å²) in [6, 6.07) is 0. The fourth-order valence-corrected chi connectivity index (χ4v) is 1.54. The van der Waals surface area contributed by atoms with Crippen molar-refractivity contribution in [1.29, 1.82) is 0 Å². The fraction of sp³-hybridized carbons (Fsp3) is 0.583. The summed E-state index contributed by atoms with van der Waals surface area (Å²) in [5.74, 6) is -0.139. The summed E-state index contributed by atoms with van der Waals surface area (Å²) >= 11 is 0. The summed E-state index contributed by atoms with van der Waals surface area (Å²) in [4.78, 5) is 11.0. The minimum atomic E-state index is -0.139. The number of rotatable bonds is 4. The standard InChI is InChI=1S/C12H18O2/c1-2-14-12(13)10-6-9-11-7-4-3-5-8-11/h6-7,9H,2-5,8,10H2,1H3/b9-6+. The summed E-state index contributed by atoms with van der Waals surface area (Å²) in [5, 5.41) is 0. The zero-order valence-corrected chi connectivity index (χ0v) is 8.79. The molecule has 2 heteroatoms. The first kappa shape index (κ1) is 11.0. The third-order valence-corrected chi connectivity index (χ3v) is 2.25. The van der Waals surface area contributed by atoms with E-state index >= 15 is 0 Å². The van der Waals surface area contributed by atoms with Crippen LogP contribution in [0, 0.1) is 0 Å². The molecule has 78 valence electrons. The fourth-order valence-electron chi connectivity index (χ4n) is 1.54. The second-order valence-electron chi connectivity index (χ2n) is 3.44. The Morgan fingerprint density at radius 1 is 1.57 bits per heavy atom. The Bertz CT molecular complexity index is 239. The van der Waals surface area contributed by atoms with Crippen LogP contribution in [0.1, 0.15) is 39.0 Å². The van der Waals surface area contributed by atoms with E-state index in [0.717, 1.165) is 6.42 Å². The maximum atomic E-state index is 11.0. The van der Waals surface area contributed by atoms with Gasteiger partial charge in [-0.2, -0.15) is 0 Å². The van der Waals surface area contributed by atoms with Crippen LogP contribution < -0.4 is 0 Å². The molecule has 0 amide bonds. The molecule has 0 unspecified atom stereocenters. The summed E-state index contributed by atoms with van der Waals surface area (Å²) in [6.45, 7) is 2.29. The Kier molecular flexibility index (Phi) is 5.05. The average Bonchev–Trinajstić information content (AvgIpc) is 2.20. The summed E-state index contributed by atoms with van der Waals surface area (Å²) in [7, 11) is 0. The molecular weight excluding hydrogens is 176 g/mol. The third kappa shape index (κ3) is 4.26. The van der Waals surface area contributed by atoms with Crippen molar-refractivity contribution in [3.05, 3.63) is 23.8 Å². The quantitative estimate of drug-likeness (QED) is 0.643. The SMILES string of the molecule is CCOC(=O)C/C=C/C1=CCCCC1. The molecule has 0 fully saturated rings. The first-order valence-corrected chi connectivity index (χ1v) is 5.34. The predicted molar refractivity (Wildman–Crippen MR) is 56.9 cm³/mol. The maximum absolute atomic E-state index is 11.0. The van der Waals surface area contributed by atoms with E-state index in [4.69, 9.17) is 4.74 Å². The number of ether oxygens (including phenoxy) is 1. The first-order chi connectivity index (χ1) is 6.83. The molecule has 0 bridgehead atoms. The van der Waals surface area contributed by atoms with Crippen LogP contribution in [-0.2, 0) is 9.53 Å². The lowest BCUT2D eigenvalue weighted by molar-refractivity contribution is -0.142. The minimum absolute atomic E-state index is 0.139. The van der Waals surface area contributed by atoms with Gasteiger partial charge >= 0.3 is 5.97 Å². The smallest absolute Gasteiger partial charge is 0.309 e. The van der Waals surface area contributed by atoms with Gasteiger partial charge in [-0.05, 0) is 32.6 Å². The molecule has 0 saturated carbocycles. The molecule has 0 radical (unpaired) electrons. The molecule has 14 heavy (non-hydrogen) atoms. The van der Waals surface area contributed by atoms with Crippen LogP contribution in [0.2, 0.25) is 0 Å². The number of hydrogen-bond acceptors (Lipinski definition) is 2. The van der Waals surface area contributed by atoms with Gasteiger partial charge in [-0.15, -0.1) is 0 Å². The van der Waals surface area contributed by atoms with Crippen LogP contribution in [-0.4, -0.2) is 12.6 Å². The molecule has 1 aliphatic rings. The van der Waals surface area contributed by atoms with Gasteiger partial charge in [-0.25, -0.2) is 0 Å². The Hall–Kier alpha value is -1.05. The summed E-state index contributed by atoms with van der Waals surface area (Å²) in [5.41, 5.74) is 1.36. The number of carbonyl (C=O) groups excluding carboxylic acids is 1. The van der Waals surface area contributed by atoms with Crippen molar-refractivity contribution in [2.45, 2.75) is 39.0 Å². The molecule has 0 saturated heterocycles. The predicted octanol–water partition coefficient (Wildman–Crippen LogP) is 3.00. The van der Waals surface area contributed by atoms with Crippen LogP contribution in [0.15, 0.2) is 23.8 Å². The lowest BCUT2D eigenvalue weighted by Crippen LogP contribution is -2.01. The van der Waals surface area contributed by atoms with Crippen LogP contribution in [0.3, 0.4) is 0 Å². The zero-order chi connectivity index (χ0) is 10.2. The van der Waals surface area contributed by atoms with Crippen LogP contribution in [0.4, 0.5) is 0 Å². The molecular formula is C12H18O2. The number of carbonyl (C=O) groups is 1. The van der Waals surface area contributed by atoms with Gasteiger partial charge in [-0.1, -0.05) is 23.8 Å². The normalized spacial score (nSPS) is 16.8. The molecule has 0 heterocycles. The van der Waals surface area contributed by atoms with Crippen LogP contribution >= 0.6 is 0 Å². The highest BCUT2D eigenvalue weighted by molar-refractivity contribution is 5.71. The van der Waals surface area contributed by atoms with Crippen LogP contribution in [0.5, 0.6) is 0 Å². The Labute approximate surface area is 85.6 Å². The second-order valence-corrected chi connectivity index (χ2v) is 3.44. The highest BCUT2D eigenvalue weighted by Gasteiger charge is 2.00. The summed E-state index contributed by atoms with van der Waals surface area (Å²) < 4.78 is 4.82. The first-order valence-electron chi connectivity index (χ1n) is 5.34. The molecule has 0 atom stereocenters. The van der Waals surface area contributed by atoms with E-state index in [9.17, 15) is 4.79 Å². The van der Waals surface area contributed by atoms with Gasteiger partial charge in [0.15, 0.2) is 0 Å². The van der Waals surface area contributed by atoms with Gasteiger partial charge in [0.25, 0.3) is 0 Å². The number of hydrogen-bond donors (Lipinski definition) is 0. The third-order valence-electron chi connectivity index (χ3n) is 2.25. The van der Waals surface area contributed by atoms with Gasteiger partial charge in [-0.3, -0.25) is 4.79 Å². The highest BCUT2D eigenvalue weighted by Crippen LogP contribution is 2.18. The van der Waals surface area contributed by atoms with Crippen molar-refractivity contribution in [2.75, 3.05) is 6.61 Å². The molecule has 1 rings (SSSR count). The monoisotopic (exact) mass is 194 g/mol. The molecule has 0 N–H and O–H groups in total.